The second-order valence-electron chi connectivity index (χ2n) is 13.7. The fourth-order valence-corrected chi connectivity index (χ4v) is 7.00. The van der Waals surface area contributed by atoms with Crippen molar-refractivity contribution in [3.8, 4) is 0 Å². The Morgan fingerprint density at radius 3 is 2.43 bits per heavy atom. The van der Waals surface area contributed by atoms with Crippen molar-refractivity contribution in [2.24, 2.45) is 0 Å². The van der Waals surface area contributed by atoms with Gasteiger partial charge in [-0.1, -0.05) is 85.8 Å². The van der Waals surface area contributed by atoms with Crippen LogP contribution in [-0.2, 0) is 40.1 Å². The zero-order valence-corrected chi connectivity index (χ0v) is 28.7. The van der Waals surface area contributed by atoms with Crippen LogP contribution in [0.5, 0.6) is 0 Å². The number of ether oxygens (including phenoxy) is 1. The van der Waals surface area contributed by atoms with Crippen molar-refractivity contribution in [1.29, 1.82) is 0 Å². The lowest BCUT2D eigenvalue weighted by molar-refractivity contribution is -0.136. The molecule has 1 aliphatic heterocycles. The Labute approximate surface area is 287 Å². The van der Waals surface area contributed by atoms with E-state index >= 15 is 0 Å². The fraction of sp³-hybridized carbons (Fsp3) is 0.279. The van der Waals surface area contributed by atoms with E-state index in [1.807, 2.05) is 88.4 Å². The summed E-state index contributed by atoms with van der Waals surface area (Å²) in [6.45, 7) is 8.20. The van der Waals surface area contributed by atoms with E-state index in [-0.39, 0.29) is 18.3 Å². The molecule has 2 aliphatic carbocycles. The molecule has 4 aromatic carbocycles. The molecular formula is C43H43NO5. The number of para-hydroxylation sites is 1. The van der Waals surface area contributed by atoms with Gasteiger partial charge in [-0.15, -0.1) is 0 Å². The van der Waals surface area contributed by atoms with Crippen molar-refractivity contribution in [1.82, 2.24) is 0 Å². The van der Waals surface area contributed by atoms with Crippen molar-refractivity contribution < 1.29 is 24.2 Å². The van der Waals surface area contributed by atoms with Crippen LogP contribution in [0.25, 0.3) is 18.2 Å². The van der Waals surface area contributed by atoms with E-state index in [1.165, 1.54) is 34.4 Å². The molecule has 0 radical (unpaired) electrons. The summed E-state index contributed by atoms with van der Waals surface area (Å²) in [4.78, 5) is 38.5. The average Bonchev–Trinajstić information content (AvgIpc) is 3.22. The van der Waals surface area contributed by atoms with Crippen LogP contribution in [0.15, 0.2) is 84.4 Å². The molecule has 0 bridgehead atoms. The minimum atomic E-state index is -1.00. The van der Waals surface area contributed by atoms with Gasteiger partial charge in [0.15, 0.2) is 0 Å². The van der Waals surface area contributed by atoms with Crippen LogP contribution in [0.1, 0.15) is 85.1 Å². The summed E-state index contributed by atoms with van der Waals surface area (Å²) in [5.74, 6) is -1.48. The van der Waals surface area contributed by atoms with Gasteiger partial charge >= 0.3 is 11.9 Å². The van der Waals surface area contributed by atoms with Gasteiger partial charge in [-0.3, -0.25) is 9.59 Å². The Bertz CT molecular complexity index is 2210. The topological polar surface area (TPSA) is 83.9 Å². The number of fused-ring (bicyclic) bond motifs is 5. The highest BCUT2D eigenvalue weighted by Crippen LogP contribution is 2.30. The quantitative estimate of drug-likeness (QED) is 0.234. The lowest BCUT2D eigenvalue weighted by Crippen LogP contribution is -2.32. The summed E-state index contributed by atoms with van der Waals surface area (Å²) < 4.78 is 5.60. The standard InChI is InChI=1S/C23H24O2.C20H19NO3/c1-23(2,3)25-22(24)21-10-6-9-17-19-12-11-15-7-4-5-8-16(15)18(19)13-14-20(17)21;1-2-14-7-5-6-10-18(14)21-13-16-9-4-3-8-15(16)11-17(20(21)24)12-19(22)23/h6-7,9-12,14H,4-5,8,13H2,1-3H3;3-11H,2,12-13H2,1H3,(H,22,23). The third-order valence-corrected chi connectivity index (χ3v) is 9.23. The van der Waals surface area contributed by atoms with Gasteiger partial charge < -0.3 is 14.7 Å². The smallest absolute Gasteiger partial charge is 0.339 e. The van der Waals surface area contributed by atoms with Gasteiger partial charge in [0.2, 0.25) is 0 Å². The van der Waals surface area contributed by atoms with E-state index in [1.54, 1.807) is 11.0 Å². The van der Waals surface area contributed by atoms with Gasteiger partial charge in [-0.2, -0.15) is 0 Å². The Kier molecular flexibility index (Phi) is 9.68. The van der Waals surface area contributed by atoms with Crippen molar-refractivity contribution >= 4 is 41.8 Å². The molecule has 0 saturated carbocycles. The predicted octanol–water partition coefficient (Wildman–Crippen LogP) is 7.04. The van der Waals surface area contributed by atoms with Crippen molar-refractivity contribution in [2.75, 3.05) is 4.90 Å². The van der Waals surface area contributed by atoms with E-state index < -0.39 is 11.6 Å². The van der Waals surface area contributed by atoms with Crippen molar-refractivity contribution in [2.45, 2.75) is 78.4 Å². The van der Waals surface area contributed by atoms with Crippen LogP contribution >= 0.6 is 0 Å². The Morgan fingerprint density at radius 1 is 0.878 bits per heavy atom. The van der Waals surface area contributed by atoms with E-state index in [2.05, 4.69) is 30.4 Å². The fourth-order valence-electron chi connectivity index (χ4n) is 7.00. The monoisotopic (exact) mass is 653 g/mol. The summed E-state index contributed by atoms with van der Waals surface area (Å²) in [5.41, 5.74) is 7.24. The summed E-state index contributed by atoms with van der Waals surface area (Å²) in [6.07, 6.45) is 11.2. The number of aliphatic carboxylic acids is 1. The maximum Gasteiger partial charge on any atom is 0.339 e. The highest BCUT2D eigenvalue weighted by Gasteiger charge is 2.27. The summed E-state index contributed by atoms with van der Waals surface area (Å²) in [7, 11) is 0. The van der Waals surface area contributed by atoms with Crippen LogP contribution in [0.3, 0.4) is 0 Å². The van der Waals surface area contributed by atoms with E-state index in [4.69, 9.17) is 9.84 Å². The summed E-state index contributed by atoms with van der Waals surface area (Å²) >= 11 is 0. The van der Waals surface area contributed by atoms with Gasteiger partial charge in [-0.05, 0) is 120 Å². The lowest BCUT2D eigenvalue weighted by atomic mass is 9.88. The normalized spacial score (nSPS) is 14.6. The number of nitrogens with zero attached hydrogens (tertiary/aromatic N) is 1. The number of carbonyl (C=O) groups excluding carboxylic acids is 2. The molecule has 4 aromatic rings. The molecule has 0 spiro atoms. The molecule has 0 fully saturated rings. The number of anilines is 1. The molecule has 1 N–H and O–H groups in total. The maximum absolute atomic E-state index is 13.0. The van der Waals surface area contributed by atoms with E-state index in [9.17, 15) is 14.4 Å². The highest BCUT2D eigenvalue weighted by molar-refractivity contribution is 6.11. The molecule has 49 heavy (non-hydrogen) atoms. The van der Waals surface area contributed by atoms with Gasteiger partial charge in [-0.25, -0.2) is 4.79 Å². The minimum absolute atomic E-state index is 0.240. The number of carboxylic acids is 1. The number of benzene rings is 4. The first-order valence-corrected chi connectivity index (χ1v) is 17.1. The van der Waals surface area contributed by atoms with Crippen molar-refractivity contribution in [3.63, 3.8) is 0 Å². The first-order valence-electron chi connectivity index (χ1n) is 17.1. The Balaban J connectivity index is 0.000000170. The largest absolute Gasteiger partial charge is 0.481 e. The van der Waals surface area contributed by atoms with Crippen LogP contribution in [0, 0.1) is 10.4 Å². The maximum atomic E-state index is 13.0. The second kappa shape index (κ2) is 14.1. The molecule has 3 aliphatic rings. The first kappa shape index (κ1) is 33.7. The zero-order chi connectivity index (χ0) is 34.7. The number of esters is 1. The molecule has 6 heteroatoms. The Morgan fingerprint density at radius 2 is 1.65 bits per heavy atom. The minimum Gasteiger partial charge on any atom is -0.481 e. The van der Waals surface area contributed by atoms with Gasteiger partial charge in [0.05, 0.1) is 18.5 Å². The number of rotatable bonds is 5. The third kappa shape index (κ3) is 7.29. The van der Waals surface area contributed by atoms with Crippen molar-refractivity contribution in [3.05, 3.63) is 139 Å². The molecule has 250 valence electrons. The number of hydrogen-bond donors (Lipinski definition) is 1. The SMILES string of the molecule is CC(C)(C)OC(=O)c1cccc2c1=CCc1c3c(ccc1=2)=CCCC3.CCc1ccccc1N1Cc2ccccc2C=C(CC(=O)O)C1=O. The number of carboxylic acid groups (broad SMARTS) is 1. The number of carbonyl (C=O) groups is 3. The van der Waals surface area contributed by atoms with Crippen LogP contribution < -0.4 is 15.3 Å². The lowest BCUT2D eigenvalue weighted by Gasteiger charge is -2.25. The number of aryl methyl sites for hydroxylation is 1. The van der Waals surface area contributed by atoms with E-state index in [0.717, 1.165) is 52.1 Å². The predicted molar refractivity (Wildman–Crippen MR) is 194 cm³/mol. The molecule has 1 heterocycles. The number of amides is 1. The van der Waals surface area contributed by atoms with E-state index in [0.29, 0.717) is 17.7 Å². The Hall–Kier alpha value is -5.23. The van der Waals surface area contributed by atoms with Crippen LogP contribution in [-0.4, -0.2) is 28.6 Å². The van der Waals surface area contributed by atoms with Gasteiger partial charge in [0.1, 0.15) is 5.60 Å². The zero-order valence-electron chi connectivity index (χ0n) is 28.7. The molecule has 7 rings (SSSR count). The average molecular weight is 654 g/mol. The van der Waals surface area contributed by atoms with Gasteiger partial charge in [0, 0.05) is 11.3 Å². The summed E-state index contributed by atoms with van der Waals surface area (Å²) in [5, 5.41) is 14.0. The molecular weight excluding hydrogens is 610 g/mol. The molecule has 1 amide bonds. The third-order valence-electron chi connectivity index (χ3n) is 9.23. The first-order chi connectivity index (χ1) is 23.5. The summed E-state index contributed by atoms with van der Waals surface area (Å²) in [6, 6.07) is 25.9. The number of hydrogen-bond acceptors (Lipinski definition) is 4. The van der Waals surface area contributed by atoms with Crippen LogP contribution in [0.4, 0.5) is 5.69 Å². The van der Waals surface area contributed by atoms with Crippen LogP contribution in [0.2, 0.25) is 0 Å². The molecule has 0 saturated heterocycles. The van der Waals surface area contributed by atoms with Gasteiger partial charge in [0.25, 0.3) is 5.91 Å². The second-order valence-corrected chi connectivity index (χ2v) is 13.7. The highest BCUT2D eigenvalue weighted by atomic mass is 16.6. The molecule has 6 nitrogen and oxygen atoms in total. The molecule has 0 atom stereocenters. The molecule has 0 unspecified atom stereocenters. The molecule has 0 aromatic heterocycles.